The third kappa shape index (κ3) is 1.77. The van der Waals surface area contributed by atoms with E-state index in [1.807, 2.05) is 0 Å². The smallest absolute Gasteiger partial charge is 0.262 e. The summed E-state index contributed by atoms with van der Waals surface area (Å²) in [6, 6.07) is 0. The molecule has 0 aliphatic heterocycles. The number of aryl methyl sites for hydroxylation is 1. The molecule has 0 aliphatic rings. The predicted molar refractivity (Wildman–Crippen MR) is 51.8 cm³/mol. The molecule has 0 aliphatic carbocycles. The average Bonchev–Trinajstić information content (AvgIpc) is 2.33. The van der Waals surface area contributed by atoms with Crippen LogP contribution in [-0.4, -0.2) is 36.4 Å². The van der Waals surface area contributed by atoms with Crippen molar-refractivity contribution in [3.8, 4) is 0 Å². The summed E-state index contributed by atoms with van der Waals surface area (Å²) in [5.41, 5.74) is 0. The van der Waals surface area contributed by atoms with E-state index in [2.05, 4.69) is 20.9 Å². The average molecular weight is 268 g/mol. The molecule has 0 amide bonds. The van der Waals surface area contributed by atoms with Crippen LogP contribution >= 0.6 is 15.9 Å². The second-order valence-corrected chi connectivity index (χ2v) is 5.56. The highest BCUT2D eigenvalue weighted by atomic mass is 79.9. The van der Waals surface area contributed by atoms with Gasteiger partial charge in [-0.2, -0.15) is 0 Å². The molecule has 0 radical (unpaired) electrons. The van der Waals surface area contributed by atoms with Gasteiger partial charge in [-0.25, -0.2) is 17.7 Å². The van der Waals surface area contributed by atoms with Crippen LogP contribution in [0.25, 0.3) is 0 Å². The van der Waals surface area contributed by atoms with E-state index in [9.17, 15) is 8.42 Å². The summed E-state index contributed by atoms with van der Waals surface area (Å²) in [6.45, 7) is 0. The second-order valence-electron chi connectivity index (χ2n) is 2.74. The summed E-state index contributed by atoms with van der Waals surface area (Å²) in [4.78, 5) is 3.79. The standard InChI is InChI=1S/C6H10BrN3O2S/c1-9(2)13(11,12)6-5(7)10(3)4-8-6/h4H,1-3H3. The van der Waals surface area contributed by atoms with Crippen molar-refractivity contribution in [2.45, 2.75) is 5.03 Å². The minimum Gasteiger partial charge on any atom is -0.327 e. The van der Waals surface area contributed by atoms with Gasteiger partial charge >= 0.3 is 0 Å². The van der Waals surface area contributed by atoms with Crippen molar-refractivity contribution in [1.29, 1.82) is 0 Å². The van der Waals surface area contributed by atoms with Crippen molar-refractivity contribution in [2.75, 3.05) is 14.1 Å². The molecule has 0 unspecified atom stereocenters. The minimum absolute atomic E-state index is 0.0417. The first kappa shape index (κ1) is 10.7. The molecule has 1 aromatic rings. The van der Waals surface area contributed by atoms with Gasteiger partial charge in [0.25, 0.3) is 10.0 Å². The predicted octanol–water partition coefficient (Wildman–Crippen LogP) is 0.433. The summed E-state index contributed by atoms with van der Waals surface area (Å²) in [6.07, 6.45) is 1.44. The number of rotatable bonds is 2. The van der Waals surface area contributed by atoms with Crippen LogP contribution in [0.15, 0.2) is 16.0 Å². The lowest BCUT2D eigenvalue weighted by Gasteiger charge is -2.08. The third-order valence-electron chi connectivity index (χ3n) is 1.56. The minimum atomic E-state index is -3.43. The molecule has 7 heteroatoms. The van der Waals surface area contributed by atoms with Gasteiger partial charge in [0.15, 0.2) is 0 Å². The first-order valence-corrected chi connectivity index (χ1v) is 5.70. The topological polar surface area (TPSA) is 55.2 Å². The van der Waals surface area contributed by atoms with Gasteiger partial charge in [-0.05, 0) is 15.9 Å². The fourth-order valence-electron chi connectivity index (χ4n) is 0.740. The molecule has 0 aromatic carbocycles. The molecular formula is C6H10BrN3O2S. The first-order valence-electron chi connectivity index (χ1n) is 3.46. The van der Waals surface area contributed by atoms with Gasteiger partial charge < -0.3 is 4.57 Å². The van der Waals surface area contributed by atoms with E-state index in [1.54, 1.807) is 11.6 Å². The van der Waals surface area contributed by atoms with Crippen molar-refractivity contribution in [3.05, 3.63) is 10.9 Å². The van der Waals surface area contributed by atoms with Crippen molar-refractivity contribution < 1.29 is 8.42 Å². The maximum Gasteiger partial charge on any atom is 0.262 e. The Kier molecular flexibility index (Phi) is 2.79. The highest BCUT2D eigenvalue weighted by molar-refractivity contribution is 9.10. The fraction of sp³-hybridized carbons (Fsp3) is 0.500. The Balaban J connectivity index is 3.32. The Morgan fingerprint density at radius 1 is 1.54 bits per heavy atom. The second kappa shape index (κ2) is 3.39. The highest BCUT2D eigenvalue weighted by Crippen LogP contribution is 2.21. The molecule has 0 fully saturated rings. The van der Waals surface area contributed by atoms with Crippen LogP contribution in [0, 0.1) is 0 Å². The molecule has 0 saturated carbocycles. The van der Waals surface area contributed by atoms with Crippen molar-refractivity contribution >= 4 is 26.0 Å². The molecule has 13 heavy (non-hydrogen) atoms. The third-order valence-corrected chi connectivity index (χ3v) is 4.51. The molecule has 1 heterocycles. The molecule has 0 saturated heterocycles. The number of sulfonamides is 1. The normalized spacial score (nSPS) is 12.4. The van der Waals surface area contributed by atoms with Gasteiger partial charge in [-0.1, -0.05) is 0 Å². The van der Waals surface area contributed by atoms with Crippen molar-refractivity contribution in [2.24, 2.45) is 7.05 Å². The first-order chi connectivity index (χ1) is 5.87. The molecule has 0 spiro atoms. The zero-order valence-electron chi connectivity index (χ0n) is 7.52. The number of halogens is 1. The van der Waals surface area contributed by atoms with Crippen LogP contribution in [0.5, 0.6) is 0 Å². The van der Waals surface area contributed by atoms with Crippen LogP contribution in [0.2, 0.25) is 0 Å². The number of aromatic nitrogens is 2. The Labute approximate surface area is 85.6 Å². The number of hydrogen-bond donors (Lipinski definition) is 0. The molecule has 1 aromatic heterocycles. The van der Waals surface area contributed by atoms with E-state index in [1.165, 1.54) is 20.4 Å². The van der Waals surface area contributed by atoms with E-state index in [0.29, 0.717) is 4.60 Å². The molecule has 1 rings (SSSR count). The van der Waals surface area contributed by atoms with Gasteiger partial charge in [0.05, 0.1) is 6.33 Å². The molecule has 0 bridgehead atoms. The maximum atomic E-state index is 11.6. The van der Waals surface area contributed by atoms with Crippen molar-refractivity contribution in [1.82, 2.24) is 13.9 Å². The van der Waals surface area contributed by atoms with Crippen LogP contribution < -0.4 is 0 Å². The van der Waals surface area contributed by atoms with Gasteiger partial charge in [-0.15, -0.1) is 0 Å². The molecule has 0 N–H and O–H groups in total. The SMILES string of the molecule is CN(C)S(=O)(=O)c1ncn(C)c1Br. The molecule has 74 valence electrons. The lowest BCUT2D eigenvalue weighted by Crippen LogP contribution is -2.23. The Morgan fingerprint density at radius 3 is 2.38 bits per heavy atom. The largest absolute Gasteiger partial charge is 0.327 e. The lowest BCUT2D eigenvalue weighted by molar-refractivity contribution is 0.516. The molecule has 0 atom stereocenters. The lowest BCUT2D eigenvalue weighted by atomic mass is 10.9. The summed E-state index contributed by atoms with van der Waals surface area (Å²) in [5, 5.41) is 0.0417. The van der Waals surface area contributed by atoms with Crippen LogP contribution in [0.4, 0.5) is 0 Å². The summed E-state index contributed by atoms with van der Waals surface area (Å²) >= 11 is 3.15. The zero-order valence-corrected chi connectivity index (χ0v) is 9.92. The van der Waals surface area contributed by atoms with Crippen LogP contribution in [0.1, 0.15) is 0 Å². The van der Waals surface area contributed by atoms with E-state index >= 15 is 0 Å². The number of imidazole rings is 1. The summed E-state index contributed by atoms with van der Waals surface area (Å²) in [7, 11) is 1.22. The monoisotopic (exact) mass is 267 g/mol. The van der Waals surface area contributed by atoms with Crippen LogP contribution in [0.3, 0.4) is 0 Å². The number of nitrogens with zero attached hydrogens (tertiary/aromatic N) is 3. The molecular weight excluding hydrogens is 258 g/mol. The van der Waals surface area contributed by atoms with Crippen LogP contribution in [-0.2, 0) is 17.1 Å². The summed E-state index contributed by atoms with van der Waals surface area (Å²) in [5.74, 6) is 0. The van der Waals surface area contributed by atoms with E-state index < -0.39 is 10.0 Å². The molecule has 5 nitrogen and oxygen atoms in total. The van der Waals surface area contributed by atoms with Gasteiger partial charge in [0.2, 0.25) is 5.03 Å². The fourth-order valence-corrected chi connectivity index (χ4v) is 2.43. The van der Waals surface area contributed by atoms with E-state index in [-0.39, 0.29) is 5.03 Å². The van der Waals surface area contributed by atoms with E-state index in [0.717, 1.165) is 4.31 Å². The highest BCUT2D eigenvalue weighted by Gasteiger charge is 2.23. The van der Waals surface area contributed by atoms with Crippen molar-refractivity contribution in [3.63, 3.8) is 0 Å². The maximum absolute atomic E-state index is 11.6. The Hall–Kier alpha value is -0.400. The zero-order chi connectivity index (χ0) is 10.2. The Bertz CT molecular complexity index is 410. The van der Waals surface area contributed by atoms with E-state index in [4.69, 9.17) is 0 Å². The Morgan fingerprint density at radius 2 is 2.08 bits per heavy atom. The van der Waals surface area contributed by atoms with Gasteiger partial charge in [0, 0.05) is 21.1 Å². The number of hydrogen-bond acceptors (Lipinski definition) is 3. The summed E-state index contributed by atoms with van der Waals surface area (Å²) < 4.78 is 26.4. The van der Waals surface area contributed by atoms with Gasteiger partial charge in [-0.3, -0.25) is 0 Å². The quantitative estimate of drug-likeness (QED) is 0.781. The van der Waals surface area contributed by atoms with Gasteiger partial charge in [0.1, 0.15) is 4.60 Å².